The molecule has 2 rings (SSSR count). The Kier molecular flexibility index (Phi) is 4.32. The lowest BCUT2D eigenvalue weighted by atomic mass is 9.98. The monoisotopic (exact) mass is 329 g/mol. The van der Waals surface area contributed by atoms with Crippen molar-refractivity contribution in [3.8, 4) is 0 Å². The number of carbonyl (C=O) groups excluding carboxylic acids is 2. The first kappa shape index (κ1) is 16.2. The smallest absolute Gasteiger partial charge is 0.307 e. The van der Waals surface area contributed by atoms with Crippen LogP contribution >= 0.6 is 11.6 Å². The van der Waals surface area contributed by atoms with Gasteiger partial charge in [0.25, 0.3) is 5.91 Å². The van der Waals surface area contributed by atoms with Gasteiger partial charge in [-0.2, -0.15) is 4.39 Å². The number of halogens is 2. The third-order valence-corrected chi connectivity index (χ3v) is 3.99. The van der Waals surface area contributed by atoms with Gasteiger partial charge >= 0.3 is 5.69 Å². The lowest BCUT2D eigenvalue weighted by Crippen LogP contribution is -2.32. The summed E-state index contributed by atoms with van der Waals surface area (Å²) in [6.45, 7) is 2.19. The quantitative estimate of drug-likeness (QED) is 0.671. The van der Waals surface area contributed by atoms with Gasteiger partial charge in [0.05, 0.1) is 15.9 Å². The highest BCUT2D eigenvalue weighted by atomic mass is 35.5. The maximum Gasteiger partial charge on any atom is 0.307 e. The van der Waals surface area contributed by atoms with Crippen LogP contribution in [0.15, 0.2) is 12.1 Å². The van der Waals surface area contributed by atoms with Crippen LogP contribution in [-0.2, 0) is 4.79 Å². The number of benzene rings is 1. The van der Waals surface area contributed by atoms with Crippen molar-refractivity contribution in [2.24, 2.45) is 17.6 Å². The Hall–Kier alpha value is -2.22. The van der Waals surface area contributed by atoms with Crippen LogP contribution in [0, 0.1) is 27.8 Å². The van der Waals surface area contributed by atoms with Crippen LogP contribution in [0.25, 0.3) is 0 Å². The van der Waals surface area contributed by atoms with Crippen LogP contribution in [0.2, 0.25) is 5.02 Å². The number of nitrogens with zero attached hydrogens (tertiary/aromatic N) is 2. The van der Waals surface area contributed by atoms with E-state index in [1.54, 1.807) is 6.92 Å². The maximum absolute atomic E-state index is 13.5. The first-order valence-corrected chi connectivity index (χ1v) is 6.82. The van der Waals surface area contributed by atoms with Gasteiger partial charge in [0.15, 0.2) is 0 Å². The molecule has 1 aliphatic rings. The standard InChI is InChI=1S/C13H13ClFN3O4/c1-6-4-17(5-8(6)12(16)19)13(20)7-2-9(14)11(15)10(3-7)18(21)22/h2-3,6,8H,4-5H2,1H3,(H2,16,19)/t6-,8-/m1/s1. The van der Waals surface area contributed by atoms with Crippen LogP contribution in [0.3, 0.4) is 0 Å². The van der Waals surface area contributed by atoms with Crippen LogP contribution in [-0.4, -0.2) is 34.7 Å². The molecule has 0 unspecified atom stereocenters. The Labute approximate surface area is 130 Å². The summed E-state index contributed by atoms with van der Waals surface area (Å²) in [6, 6.07) is 1.88. The second-order valence-electron chi connectivity index (χ2n) is 5.24. The molecule has 2 atom stereocenters. The van der Waals surface area contributed by atoms with E-state index in [0.717, 1.165) is 12.1 Å². The van der Waals surface area contributed by atoms with E-state index in [-0.39, 0.29) is 24.6 Å². The van der Waals surface area contributed by atoms with Crippen molar-refractivity contribution in [3.05, 3.63) is 38.7 Å². The summed E-state index contributed by atoms with van der Waals surface area (Å²) >= 11 is 5.60. The van der Waals surface area contributed by atoms with E-state index >= 15 is 0 Å². The highest BCUT2D eigenvalue weighted by Gasteiger charge is 2.36. The molecule has 9 heteroatoms. The molecular formula is C13H13ClFN3O4. The van der Waals surface area contributed by atoms with E-state index in [0.29, 0.717) is 0 Å². The molecule has 2 amide bonds. The summed E-state index contributed by atoms with van der Waals surface area (Å²) in [5.41, 5.74) is 4.29. The van der Waals surface area contributed by atoms with Crippen LogP contribution in [0.4, 0.5) is 10.1 Å². The zero-order valence-corrected chi connectivity index (χ0v) is 12.3. The van der Waals surface area contributed by atoms with E-state index < -0.39 is 39.2 Å². The van der Waals surface area contributed by atoms with Gasteiger partial charge in [0.2, 0.25) is 11.7 Å². The number of hydrogen-bond acceptors (Lipinski definition) is 4. The molecule has 1 saturated heterocycles. The van der Waals surface area contributed by atoms with Crippen molar-refractivity contribution in [3.63, 3.8) is 0 Å². The molecule has 0 aromatic heterocycles. The van der Waals surface area contributed by atoms with Crippen molar-refractivity contribution in [2.45, 2.75) is 6.92 Å². The number of primary amides is 1. The Balaban J connectivity index is 2.31. The summed E-state index contributed by atoms with van der Waals surface area (Å²) in [5, 5.41) is 10.3. The third kappa shape index (κ3) is 2.87. The number of amides is 2. The van der Waals surface area contributed by atoms with Gasteiger partial charge in [-0.05, 0) is 12.0 Å². The fourth-order valence-electron chi connectivity index (χ4n) is 2.52. The summed E-state index contributed by atoms with van der Waals surface area (Å²) < 4.78 is 13.5. The highest BCUT2D eigenvalue weighted by Crippen LogP contribution is 2.29. The number of likely N-dealkylation sites (tertiary alicyclic amines) is 1. The number of rotatable bonds is 3. The van der Waals surface area contributed by atoms with Crippen molar-refractivity contribution < 1.29 is 18.9 Å². The molecule has 118 valence electrons. The fraction of sp³-hybridized carbons (Fsp3) is 0.385. The Morgan fingerprint density at radius 2 is 2.09 bits per heavy atom. The predicted molar refractivity (Wildman–Crippen MR) is 75.8 cm³/mol. The van der Waals surface area contributed by atoms with E-state index in [4.69, 9.17) is 17.3 Å². The topological polar surface area (TPSA) is 107 Å². The summed E-state index contributed by atoms with van der Waals surface area (Å²) in [4.78, 5) is 34.8. The lowest BCUT2D eigenvalue weighted by molar-refractivity contribution is -0.387. The largest absolute Gasteiger partial charge is 0.369 e. The van der Waals surface area contributed by atoms with Gasteiger partial charge < -0.3 is 10.6 Å². The number of nitrogens with two attached hydrogens (primary N) is 1. The average molecular weight is 330 g/mol. The normalized spacial score (nSPS) is 21.0. The van der Waals surface area contributed by atoms with Crippen LogP contribution in [0.5, 0.6) is 0 Å². The van der Waals surface area contributed by atoms with Crippen molar-refractivity contribution >= 4 is 29.1 Å². The minimum absolute atomic E-state index is 0.101. The van der Waals surface area contributed by atoms with Gasteiger partial charge in [0.1, 0.15) is 0 Å². The molecule has 0 bridgehead atoms. The molecule has 1 fully saturated rings. The molecule has 22 heavy (non-hydrogen) atoms. The molecule has 1 aromatic rings. The first-order valence-electron chi connectivity index (χ1n) is 6.44. The van der Waals surface area contributed by atoms with E-state index in [1.807, 2.05) is 0 Å². The Morgan fingerprint density at radius 1 is 1.45 bits per heavy atom. The van der Waals surface area contributed by atoms with Crippen LogP contribution < -0.4 is 5.73 Å². The summed E-state index contributed by atoms with van der Waals surface area (Å²) in [5.74, 6) is -2.85. The van der Waals surface area contributed by atoms with Gasteiger partial charge in [0, 0.05) is 24.7 Å². The third-order valence-electron chi connectivity index (χ3n) is 3.72. The number of carbonyl (C=O) groups is 2. The molecule has 1 aliphatic heterocycles. The molecule has 1 aromatic carbocycles. The first-order chi connectivity index (χ1) is 10.2. The Bertz CT molecular complexity index is 667. The van der Waals surface area contributed by atoms with Gasteiger partial charge in [-0.25, -0.2) is 0 Å². The van der Waals surface area contributed by atoms with Crippen LogP contribution in [0.1, 0.15) is 17.3 Å². The fourth-order valence-corrected chi connectivity index (χ4v) is 2.73. The second kappa shape index (κ2) is 5.88. The lowest BCUT2D eigenvalue weighted by Gasteiger charge is -2.16. The van der Waals surface area contributed by atoms with E-state index in [2.05, 4.69) is 0 Å². The molecular weight excluding hydrogens is 317 g/mol. The SMILES string of the molecule is C[C@@H]1CN(C(=O)c2cc(Cl)c(F)c([N+](=O)[O-])c2)C[C@H]1C(N)=O. The highest BCUT2D eigenvalue weighted by molar-refractivity contribution is 6.31. The van der Waals surface area contributed by atoms with E-state index in [1.165, 1.54) is 4.90 Å². The molecule has 1 heterocycles. The predicted octanol–water partition coefficient (Wildman–Crippen LogP) is 1.58. The van der Waals surface area contributed by atoms with Crippen molar-refractivity contribution in [1.82, 2.24) is 4.90 Å². The minimum atomic E-state index is -1.19. The molecule has 0 aliphatic carbocycles. The second-order valence-corrected chi connectivity index (χ2v) is 5.65. The average Bonchev–Trinajstić information content (AvgIpc) is 2.82. The number of nitro benzene ring substituents is 1. The molecule has 0 spiro atoms. The maximum atomic E-state index is 13.5. The summed E-state index contributed by atoms with van der Waals surface area (Å²) in [7, 11) is 0. The molecule has 2 N–H and O–H groups in total. The zero-order chi connectivity index (χ0) is 16.6. The van der Waals surface area contributed by atoms with Crippen molar-refractivity contribution in [2.75, 3.05) is 13.1 Å². The summed E-state index contributed by atoms with van der Waals surface area (Å²) in [6.07, 6.45) is 0. The van der Waals surface area contributed by atoms with Crippen molar-refractivity contribution in [1.29, 1.82) is 0 Å². The number of nitro groups is 1. The minimum Gasteiger partial charge on any atom is -0.369 e. The Morgan fingerprint density at radius 3 is 2.59 bits per heavy atom. The zero-order valence-electron chi connectivity index (χ0n) is 11.6. The van der Waals surface area contributed by atoms with Gasteiger partial charge in [-0.3, -0.25) is 19.7 Å². The van der Waals surface area contributed by atoms with E-state index in [9.17, 15) is 24.1 Å². The van der Waals surface area contributed by atoms with Gasteiger partial charge in [-0.1, -0.05) is 18.5 Å². The molecule has 0 radical (unpaired) electrons. The molecule has 0 saturated carbocycles. The number of hydrogen-bond donors (Lipinski definition) is 1. The molecule has 7 nitrogen and oxygen atoms in total. The van der Waals surface area contributed by atoms with Gasteiger partial charge in [-0.15, -0.1) is 0 Å².